The van der Waals surface area contributed by atoms with Gasteiger partial charge in [0.15, 0.2) is 11.0 Å². The van der Waals surface area contributed by atoms with Crippen molar-refractivity contribution < 1.29 is 14.3 Å². The van der Waals surface area contributed by atoms with E-state index in [0.717, 1.165) is 16.8 Å². The smallest absolute Gasteiger partial charge is 0.234 e. The maximum Gasteiger partial charge on any atom is 0.234 e. The second-order valence-electron chi connectivity index (χ2n) is 6.36. The van der Waals surface area contributed by atoms with Gasteiger partial charge in [-0.3, -0.25) is 4.79 Å². The lowest BCUT2D eigenvalue weighted by molar-refractivity contribution is -0.113. The predicted molar refractivity (Wildman–Crippen MR) is 115 cm³/mol. The van der Waals surface area contributed by atoms with Crippen LogP contribution in [0.15, 0.2) is 47.6 Å². The van der Waals surface area contributed by atoms with Crippen LogP contribution >= 0.6 is 11.8 Å². The van der Waals surface area contributed by atoms with Crippen molar-refractivity contribution in [1.82, 2.24) is 14.8 Å². The lowest BCUT2D eigenvalue weighted by Crippen LogP contribution is -2.14. The van der Waals surface area contributed by atoms with Gasteiger partial charge in [0.2, 0.25) is 5.91 Å². The Morgan fingerprint density at radius 1 is 1.10 bits per heavy atom. The van der Waals surface area contributed by atoms with Crippen molar-refractivity contribution in [2.24, 2.45) is 0 Å². The van der Waals surface area contributed by atoms with Crippen LogP contribution in [-0.4, -0.2) is 40.6 Å². The van der Waals surface area contributed by atoms with Crippen LogP contribution < -0.4 is 14.8 Å². The number of hydrogen-bond donors (Lipinski definition) is 1. The molecular weight excluding hydrogens is 388 g/mol. The maximum absolute atomic E-state index is 12.3. The lowest BCUT2D eigenvalue weighted by Gasteiger charge is -2.10. The molecule has 0 radical (unpaired) electrons. The van der Waals surface area contributed by atoms with Crippen LogP contribution in [0, 0.1) is 6.92 Å². The van der Waals surface area contributed by atoms with Crippen LogP contribution in [0.3, 0.4) is 0 Å². The number of rotatable bonds is 8. The van der Waals surface area contributed by atoms with Crippen molar-refractivity contribution in [2.75, 3.05) is 25.3 Å². The largest absolute Gasteiger partial charge is 0.497 e. The molecule has 0 unspecified atom stereocenters. The van der Waals surface area contributed by atoms with Crippen molar-refractivity contribution in [3.63, 3.8) is 0 Å². The zero-order chi connectivity index (χ0) is 20.8. The van der Waals surface area contributed by atoms with Crippen LogP contribution in [0.5, 0.6) is 11.5 Å². The maximum atomic E-state index is 12.3. The van der Waals surface area contributed by atoms with E-state index in [1.165, 1.54) is 11.8 Å². The number of amides is 1. The van der Waals surface area contributed by atoms with Gasteiger partial charge in [0.1, 0.15) is 11.5 Å². The fourth-order valence-corrected chi connectivity index (χ4v) is 3.68. The Balaban J connectivity index is 1.75. The second kappa shape index (κ2) is 9.47. The number of hydrogen-bond acceptors (Lipinski definition) is 6. The summed E-state index contributed by atoms with van der Waals surface area (Å²) in [4.78, 5) is 12.3. The highest BCUT2D eigenvalue weighted by Crippen LogP contribution is 2.30. The highest BCUT2D eigenvalue weighted by atomic mass is 32.2. The Bertz CT molecular complexity index is 981. The van der Waals surface area contributed by atoms with E-state index < -0.39 is 0 Å². The van der Waals surface area contributed by atoms with Gasteiger partial charge in [0.05, 0.1) is 20.0 Å². The molecule has 3 rings (SSSR count). The van der Waals surface area contributed by atoms with Gasteiger partial charge >= 0.3 is 0 Å². The number of nitrogens with one attached hydrogen (secondary N) is 1. The number of carbonyl (C=O) groups excluding carboxylic acids is 1. The number of benzene rings is 2. The highest BCUT2D eigenvalue weighted by molar-refractivity contribution is 7.99. The summed E-state index contributed by atoms with van der Waals surface area (Å²) in [5, 5.41) is 12.2. The zero-order valence-electron chi connectivity index (χ0n) is 16.9. The molecule has 1 N–H and O–H groups in total. The van der Waals surface area contributed by atoms with Gasteiger partial charge in [0, 0.05) is 23.9 Å². The van der Waals surface area contributed by atoms with E-state index in [1.54, 1.807) is 20.3 Å². The molecule has 152 valence electrons. The number of anilines is 1. The van der Waals surface area contributed by atoms with Gasteiger partial charge in [-0.2, -0.15) is 0 Å². The van der Waals surface area contributed by atoms with E-state index in [0.29, 0.717) is 29.0 Å². The summed E-state index contributed by atoms with van der Waals surface area (Å²) in [5.74, 6) is 2.21. The average Bonchev–Trinajstić information content (AvgIpc) is 3.14. The summed E-state index contributed by atoms with van der Waals surface area (Å²) in [6.45, 7) is 4.67. The fourth-order valence-electron chi connectivity index (χ4n) is 2.88. The van der Waals surface area contributed by atoms with Crippen molar-refractivity contribution in [3.8, 4) is 22.9 Å². The van der Waals surface area contributed by atoms with Gasteiger partial charge in [-0.15, -0.1) is 10.2 Å². The molecule has 0 aliphatic rings. The van der Waals surface area contributed by atoms with Gasteiger partial charge in [0.25, 0.3) is 0 Å². The van der Waals surface area contributed by atoms with E-state index >= 15 is 0 Å². The van der Waals surface area contributed by atoms with Crippen molar-refractivity contribution in [1.29, 1.82) is 0 Å². The average molecular weight is 413 g/mol. The van der Waals surface area contributed by atoms with Crippen molar-refractivity contribution in [3.05, 3.63) is 48.0 Å². The molecule has 7 nitrogen and oxygen atoms in total. The standard InChI is InChI=1S/C21H24N4O3S/c1-5-25-20(15-10-17(27-3)12-18(11-15)28-4)23-24-21(25)29-13-19(26)22-16-8-6-7-14(2)9-16/h6-12H,5,13H2,1-4H3,(H,22,26). The van der Waals surface area contributed by atoms with E-state index in [1.807, 2.05) is 54.8 Å². The molecule has 0 atom stereocenters. The predicted octanol–water partition coefficient (Wildman–Crippen LogP) is 4.02. The number of carbonyl (C=O) groups is 1. The fraction of sp³-hybridized carbons (Fsp3) is 0.286. The first-order valence-electron chi connectivity index (χ1n) is 9.20. The normalized spacial score (nSPS) is 10.6. The third-order valence-electron chi connectivity index (χ3n) is 4.28. The summed E-state index contributed by atoms with van der Waals surface area (Å²) in [7, 11) is 3.22. The first kappa shape index (κ1) is 20.7. The summed E-state index contributed by atoms with van der Waals surface area (Å²) >= 11 is 1.35. The molecule has 1 heterocycles. The third kappa shape index (κ3) is 5.08. The number of aromatic nitrogens is 3. The summed E-state index contributed by atoms with van der Waals surface area (Å²) in [6.07, 6.45) is 0. The Hall–Kier alpha value is -3.00. The molecule has 0 spiro atoms. The molecule has 2 aromatic carbocycles. The van der Waals surface area contributed by atoms with Crippen LogP contribution in [0.25, 0.3) is 11.4 Å². The molecule has 0 saturated carbocycles. The molecule has 3 aromatic rings. The van der Waals surface area contributed by atoms with Crippen LogP contribution in [0.2, 0.25) is 0 Å². The van der Waals surface area contributed by atoms with Gasteiger partial charge in [-0.25, -0.2) is 0 Å². The van der Waals surface area contributed by atoms with E-state index in [9.17, 15) is 4.79 Å². The Kier molecular flexibility index (Phi) is 6.77. The highest BCUT2D eigenvalue weighted by Gasteiger charge is 2.16. The molecule has 0 bridgehead atoms. The molecular formula is C21H24N4O3S. The first-order valence-corrected chi connectivity index (χ1v) is 10.2. The SMILES string of the molecule is CCn1c(SCC(=O)Nc2cccc(C)c2)nnc1-c1cc(OC)cc(OC)c1. The quantitative estimate of drug-likeness (QED) is 0.563. The minimum Gasteiger partial charge on any atom is -0.497 e. The monoisotopic (exact) mass is 412 g/mol. The number of aryl methyl sites for hydroxylation is 1. The third-order valence-corrected chi connectivity index (χ3v) is 5.24. The lowest BCUT2D eigenvalue weighted by atomic mass is 10.2. The van der Waals surface area contributed by atoms with E-state index in [2.05, 4.69) is 15.5 Å². The van der Waals surface area contributed by atoms with E-state index in [-0.39, 0.29) is 11.7 Å². The van der Waals surface area contributed by atoms with E-state index in [4.69, 9.17) is 9.47 Å². The van der Waals surface area contributed by atoms with Crippen molar-refractivity contribution >= 4 is 23.4 Å². The number of ether oxygens (including phenoxy) is 2. The summed E-state index contributed by atoms with van der Waals surface area (Å²) < 4.78 is 12.7. The number of thioether (sulfide) groups is 1. The number of nitrogens with zero attached hydrogens (tertiary/aromatic N) is 3. The minimum atomic E-state index is -0.0872. The molecule has 0 aliphatic heterocycles. The van der Waals surface area contributed by atoms with Gasteiger partial charge < -0.3 is 19.4 Å². The zero-order valence-corrected chi connectivity index (χ0v) is 17.7. The number of methoxy groups -OCH3 is 2. The summed E-state index contributed by atoms with van der Waals surface area (Å²) in [6, 6.07) is 13.3. The molecule has 0 saturated heterocycles. The molecule has 1 amide bonds. The molecule has 29 heavy (non-hydrogen) atoms. The Labute approximate surface area is 174 Å². The minimum absolute atomic E-state index is 0.0872. The van der Waals surface area contributed by atoms with Crippen LogP contribution in [0.1, 0.15) is 12.5 Å². The van der Waals surface area contributed by atoms with Gasteiger partial charge in [-0.05, 0) is 43.7 Å². The Morgan fingerprint density at radius 2 is 1.83 bits per heavy atom. The van der Waals surface area contributed by atoms with Crippen molar-refractivity contribution in [2.45, 2.75) is 25.5 Å². The summed E-state index contributed by atoms with van der Waals surface area (Å²) in [5.41, 5.74) is 2.72. The second-order valence-corrected chi connectivity index (χ2v) is 7.30. The van der Waals surface area contributed by atoms with Gasteiger partial charge in [-0.1, -0.05) is 23.9 Å². The topological polar surface area (TPSA) is 78.3 Å². The van der Waals surface area contributed by atoms with Crippen LogP contribution in [-0.2, 0) is 11.3 Å². The molecule has 0 aliphatic carbocycles. The molecule has 1 aromatic heterocycles. The Morgan fingerprint density at radius 3 is 2.45 bits per heavy atom. The first-order chi connectivity index (χ1) is 14.0. The molecule has 8 heteroatoms. The molecule has 0 fully saturated rings. The van der Waals surface area contributed by atoms with Crippen LogP contribution in [0.4, 0.5) is 5.69 Å².